The molecule has 1 aromatic carbocycles. The van der Waals surface area contributed by atoms with Crippen LogP contribution in [0.3, 0.4) is 0 Å². The molecule has 0 heterocycles. The van der Waals surface area contributed by atoms with Crippen molar-refractivity contribution in [3.05, 3.63) is 33.3 Å². The summed E-state index contributed by atoms with van der Waals surface area (Å²) in [5.74, 6) is 0. The lowest BCUT2D eigenvalue weighted by atomic mass is 10.0. The molecule has 0 radical (unpaired) electrons. The van der Waals surface area contributed by atoms with E-state index >= 15 is 0 Å². The van der Waals surface area contributed by atoms with Crippen LogP contribution in [0, 0.1) is 13.8 Å². The zero-order chi connectivity index (χ0) is 11.4. The van der Waals surface area contributed by atoms with E-state index in [1.807, 2.05) is 26.0 Å². The third kappa shape index (κ3) is 3.23. The van der Waals surface area contributed by atoms with Gasteiger partial charge < -0.3 is 10.6 Å². The summed E-state index contributed by atoms with van der Waals surface area (Å²) in [4.78, 5) is 11.0. The highest BCUT2D eigenvalue weighted by Crippen LogP contribution is 2.20. The van der Waals surface area contributed by atoms with E-state index in [4.69, 9.17) is 0 Å². The monoisotopic (exact) mass is 270 g/mol. The summed E-state index contributed by atoms with van der Waals surface area (Å²) in [5.41, 5.74) is 3.53. The second-order valence-corrected chi connectivity index (χ2v) is 4.37. The average molecular weight is 271 g/mol. The Morgan fingerprint density at radius 2 is 1.87 bits per heavy atom. The van der Waals surface area contributed by atoms with Gasteiger partial charge in [0.1, 0.15) is 0 Å². The number of carbonyl (C=O) groups is 1. The minimum Gasteiger partial charge on any atom is -0.341 e. The maximum atomic E-state index is 11.0. The van der Waals surface area contributed by atoms with E-state index < -0.39 is 0 Å². The van der Waals surface area contributed by atoms with Gasteiger partial charge in [-0.15, -0.1) is 0 Å². The predicted octanol–water partition coefficient (Wildman–Crippen LogP) is 2.49. The molecule has 0 aliphatic rings. The number of amides is 2. The summed E-state index contributed by atoms with van der Waals surface area (Å²) in [6, 6.07) is 3.94. The van der Waals surface area contributed by atoms with Gasteiger partial charge in [-0.25, -0.2) is 4.79 Å². The number of urea groups is 1. The number of benzene rings is 1. The molecule has 3 nitrogen and oxygen atoms in total. The highest BCUT2D eigenvalue weighted by Gasteiger charge is 2.05. The van der Waals surface area contributed by atoms with Crippen LogP contribution >= 0.6 is 15.9 Å². The van der Waals surface area contributed by atoms with Crippen molar-refractivity contribution in [1.82, 2.24) is 10.6 Å². The lowest BCUT2D eigenvalue weighted by Crippen LogP contribution is -2.32. The van der Waals surface area contributed by atoms with Crippen LogP contribution < -0.4 is 10.6 Å². The molecule has 0 aromatic heterocycles. The summed E-state index contributed by atoms with van der Waals surface area (Å²) in [6.45, 7) is 4.64. The first kappa shape index (κ1) is 12.0. The van der Waals surface area contributed by atoms with Crippen LogP contribution in [-0.2, 0) is 6.54 Å². The molecule has 0 aliphatic heterocycles. The fourth-order valence-corrected chi connectivity index (χ4v) is 2.16. The molecule has 0 spiro atoms. The Morgan fingerprint density at radius 1 is 1.33 bits per heavy atom. The lowest BCUT2D eigenvalue weighted by molar-refractivity contribution is 0.242. The smallest absolute Gasteiger partial charge is 0.314 e. The molecule has 2 N–H and O–H groups in total. The van der Waals surface area contributed by atoms with Gasteiger partial charge in [0, 0.05) is 18.1 Å². The molecule has 1 aromatic rings. The number of hydrogen-bond donors (Lipinski definition) is 2. The Labute approximate surface area is 98.4 Å². The van der Waals surface area contributed by atoms with E-state index in [0.717, 1.165) is 4.47 Å². The first-order valence-corrected chi connectivity index (χ1v) is 5.55. The Bertz CT molecular complexity index is 354. The van der Waals surface area contributed by atoms with E-state index in [2.05, 4.69) is 26.6 Å². The summed E-state index contributed by atoms with van der Waals surface area (Å²) in [7, 11) is 1.61. The highest BCUT2D eigenvalue weighted by atomic mass is 79.9. The number of rotatable bonds is 2. The standard InChI is InChI=1S/C11H15BrN2O/c1-7-4-9(12)5-8(2)10(7)6-14-11(15)13-3/h4-5H,6H2,1-3H3,(H2,13,14,15). The molecule has 0 saturated heterocycles. The third-order valence-electron chi connectivity index (χ3n) is 2.31. The molecular formula is C11H15BrN2O. The van der Waals surface area contributed by atoms with Crippen molar-refractivity contribution in [2.75, 3.05) is 7.05 Å². The first-order chi connectivity index (χ1) is 7.04. The number of halogens is 1. The Morgan fingerprint density at radius 3 is 2.33 bits per heavy atom. The highest BCUT2D eigenvalue weighted by molar-refractivity contribution is 9.10. The summed E-state index contributed by atoms with van der Waals surface area (Å²) in [6.07, 6.45) is 0. The van der Waals surface area contributed by atoms with Gasteiger partial charge in [-0.05, 0) is 42.7 Å². The van der Waals surface area contributed by atoms with Gasteiger partial charge in [-0.1, -0.05) is 15.9 Å². The molecule has 1 rings (SSSR count). The summed E-state index contributed by atoms with van der Waals surface area (Å²) >= 11 is 3.44. The van der Waals surface area contributed by atoms with E-state index in [9.17, 15) is 4.79 Å². The minimum atomic E-state index is -0.156. The van der Waals surface area contributed by atoms with Gasteiger partial charge in [0.05, 0.1) is 0 Å². The van der Waals surface area contributed by atoms with Crippen molar-refractivity contribution in [3.63, 3.8) is 0 Å². The normalized spacial score (nSPS) is 9.87. The van der Waals surface area contributed by atoms with Crippen LogP contribution in [0.15, 0.2) is 16.6 Å². The molecule has 0 aliphatic carbocycles. The maximum absolute atomic E-state index is 11.0. The van der Waals surface area contributed by atoms with Crippen molar-refractivity contribution in [3.8, 4) is 0 Å². The molecular weight excluding hydrogens is 256 g/mol. The summed E-state index contributed by atoms with van der Waals surface area (Å²) < 4.78 is 1.07. The maximum Gasteiger partial charge on any atom is 0.314 e. The van der Waals surface area contributed by atoms with Crippen molar-refractivity contribution in [2.45, 2.75) is 20.4 Å². The molecule has 0 bridgehead atoms. The largest absolute Gasteiger partial charge is 0.341 e. The van der Waals surface area contributed by atoms with Crippen molar-refractivity contribution < 1.29 is 4.79 Å². The van der Waals surface area contributed by atoms with Crippen LogP contribution in [0.1, 0.15) is 16.7 Å². The molecule has 82 valence electrons. The SMILES string of the molecule is CNC(=O)NCc1c(C)cc(Br)cc1C. The average Bonchev–Trinajstić information content (AvgIpc) is 2.15. The van der Waals surface area contributed by atoms with Crippen LogP contribution in [0.2, 0.25) is 0 Å². The number of hydrogen-bond acceptors (Lipinski definition) is 1. The zero-order valence-corrected chi connectivity index (χ0v) is 10.7. The molecule has 0 fully saturated rings. The van der Waals surface area contributed by atoms with Gasteiger partial charge in [-0.2, -0.15) is 0 Å². The van der Waals surface area contributed by atoms with E-state index in [1.54, 1.807) is 7.05 Å². The Hall–Kier alpha value is -1.03. The van der Waals surface area contributed by atoms with Crippen molar-refractivity contribution >= 4 is 22.0 Å². The number of aryl methyl sites for hydroxylation is 2. The lowest BCUT2D eigenvalue weighted by Gasteiger charge is -2.11. The van der Waals surface area contributed by atoms with Crippen molar-refractivity contribution in [1.29, 1.82) is 0 Å². The predicted molar refractivity (Wildman–Crippen MR) is 64.9 cm³/mol. The second kappa shape index (κ2) is 5.16. The zero-order valence-electron chi connectivity index (χ0n) is 9.15. The molecule has 2 amide bonds. The van der Waals surface area contributed by atoms with E-state index in [0.29, 0.717) is 6.54 Å². The Kier molecular flexibility index (Phi) is 4.15. The van der Waals surface area contributed by atoms with E-state index in [1.165, 1.54) is 16.7 Å². The van der Waals surface area contributed by atoms with Crippen LogP contribution in [0.4, 0.5) is 4.79 Å². The van der Waals surface area contributed by atoms with Gasteiger partial charge in [0.25, 0.3) is 0 Å². The fraction of sp³-hybridized carbons (Fsp3) is 0.364. The summed E-state index contributed by atoms with van der Waals surface area (Å²) in [5, 5.41) is 5.31. The first-order valence-electron chi connectivity index (χ1n) is 4.75. The minimum absolute atomic E-state index is 0.156. The molecule has 0 saturated carbocycles. The third-order valence-corrected chi connectivity index (χ3v) is 2.77. The quantitative estimate of drug-likeness (QED) is 0.852. The number of nitrogens with one attached hydrogen (secondary N) is 2. The van der Waals surface area contributed by atoms with Gasteiger partial charge in [0.2, 0.25) is 0 Å². The molecule has 15 heavy (non-hydrogen) atoms. The van der Waals surface area contributed by atoms with Crippen LogP contribution in [0.5, 0.6) is 0 Å². The van der Waals surface area contributed by atoms with Crippen molar-refractivity contribution in [2.24, 2.45) is 0 Å². The topological polar surface area (TPSA) is 41.1 Å². The molecule has 4 heteroatoms. The van der Waals surface area contributed by atoms with Crippen LogP contribution in [-0.4, -0.2) is 13.1 Å². The second-order valence-electron chi connectivity index (χ2n) is 3.45. The van der Waals surface area contributed by atoms with Gasteiger partial charge in [-0.3, -0.25) is 0 Å². The number of carbonyl (C=O) groups excluding carboxylic acids is 1. The molecule has 0 atom stereocenters. The van der Waals surface area contributed by atoms with Gasteiger partial charge >= 0.3 is 6.03 Å². The van der Waals surface area contributed by atoms with E-state index in [-0.39, 0.29) is 6.03 Å². The van der Waals surface area contributed by atoms with Gasteiger partial charge in [0.15, 0.2) is 0 Å². The van der Waals surface area contributed by atoms with Crippen LogP contribution in [0.25, 0.3) is 0 Å². The molecule has 0 unspecified atom stereocenters. The fourth-order valence-electron chi connectivity index (χ4n) is 1.48. The Balaban J connectivity index is 2.81.